The maximum atomic E-state index is 13.7. The summed E-state index contributed by atoms with van der Waals surface area (Å²) in [5, 5.41) is 0. The van der Waals surface area contributed by atoms with E-state index in [4.69, 9.17) is 14.2 Å². The highest BCUT2D eigenvalue weighted by molar-refractivity contribution is 7.11. The van der Waals surface area contributed by atoms with Gasteiger partial charge in [-0.3, -0.25) is 9.59 Å². The van der Waals surface area contributed by atoms with E-state index in [9.17, 15) is 9.59 Å². The number of hydrogen-bond acceptors (Lipinski definition) is 6. The topological polar surface area (TPSA) is 68.3 Å². The molecule has 0 N–H and O–H groups in total. The van der Waals surface area contributed by atoms with E-state index in [0.29, 0.717) is 43.3 Å². The largest absolute Gasteiger partial charge is 0.454 e. The zero-order valence-electron chi connectivity index (χ0n) is 20.4. The molecule has 36 heavy (non-hydrogen) atoms. The molecule has 0 saturated carbocycles. The van der Waals surface area contributed by atoms with E-state index < -0.39 is 0 Å². The van der Waals surface area contributed by atoms with Crippen LogP contribution in [-0.4, -0.2) is 54.2 Å². The van der Waals surface area contributed by atoms with Crippen molar-refractivity contribution in [3.05, 3.63) is 81.5 Å². The van der Waals surface area contributed by atoms with Gasteiger partial charge >= 0.3 is 0 Å². The van der Waals surface area contributed by atoms with Crippen LogP contribution >= 0.6 is 11.3 Å². The van der Waals surface area contributed by atoms with E-state index >= 15 is 0 Å². The Balaban J connectivity index is 1.37. The van der Waals surface area contributed by atoms with E-state index in [2.05, 4.69) is 19.1 Å². The lowest BCUT2D eigenvalue weighted by Gasteiger charge is -2.29. The van der Waals surface area contributed by atoms with Crippen molar-refractivity contribution in [3.63, 3.8) is 0 Å². The number of rotatable bonds is 9. The first-order valence-corrected chi connectivity index (χ1v) is 13.0. The van der Waals surface area contributed by atoms with Crippen molar-refractivity contribution < 1.29 is 23.8 Å². The van der Waals surface area contributed by atoms with Crippen molar-refractivity contribution in [1.29, 1.82) is 0 Å². The van der Waals surface area contributed by atoms with Gasteiger partial charge in [0.1, 0.15) is 6.54 Å². The molecule has 3 aromatic rings. The molecule has 0 spiro atoms. The highest BCUT2D eigenvalue weighted by atomic mass is 32.1. The van der Waals surface area contributed by atoms with Crippen molar-refractivity contribution in [2.45, 2.75) is 39.0 Å². The van der Waals surface area contributed by atoms with Gasteiger partial charge in [-0.15, -0.1) is 11.3 Å². The summed E-state index contributed by atoms with van der Waals surface area (Å²) >= 11 is 1.68. The molecule has 1 unspecified atom stereocenters. The number of carbonyl (C=O) groups excluding carboxylic acids is 2. The fraction of sp³-hybridized carbons (Fsp3) is 0.357. The van der Waals surface area contributed by atoms with Gasteiger partial charge in [-0.2, -0.15) is 0 Å². The number of aryl methyl sites for hydroxylation is 1. The Morgan fingerprint density at radius 1 is 0.972 bits per heavy atom. The smallest absolute Gasteiger partial charge is 0.254 e. The quantitative estimate of drug-likeness (QED) is 0.423. The number of thiophene rings is 1. The van der Waals surface area contributed by atoms with Crippen LogP contribution in [0.2, 0.25) is 0 Å². The summed E-state index contributed by atoms with van der Waals surface area (Å²) < 4.78 is 16.7. The first-order valence-electron chi connectivity index (χ1n) is 12.2. The van der Waals surface area contributed by atoms with E-state index in [1.54, 1.807) is 34.4 Å². The molecule has 188 valence electrons. The molecule has 5 rings (SSSR count). The van der Waals surface area contributed by atoms with Crippen LogP contribution in [0, 0.1) is 6.92 Å². The predicted octanol–water partition coefficient (Wildman–Crippen LogP) is 4.64. The third-order valence-electron chi connectivity index (χ3n) is 6.39. The number of carbonyl (C=O) groups is 2. The normalized spacial score (nSPS) is 16.2. The molecule has 2 aliphatic heterocycles. The second kappa shape index (κ2) is 11.1. The molecule has 0 bridgehead atoms. The van der Waals surface area contributed by atoms with Crippen LogP contribution in [0.5, 0.6) is 11.5 Å². The third kappa shape index (κ3) is 5.88. The van der Waals surface area contributed by atoms with Gasteiger partial charge in [-0.25, -0.2) is 0 Å². The lowest BCUT2D eigenvalue weighted by molar-refractivity contribution is -0.133. The molecule has 0 radical (unpaired) electrons. The number of ether oxygens (including phenoxy) is 3. The van der Waals surface area contributed by atoms with Crippen LogP contribution < -0.4 is 9.47 Å². The molecule has 2 amide bonds. The molecule has 3 heterocycles. The summed E-state index contributed by atoms with van der Waals surface area (Å²) in [6.45, 7) is 4.20. The van der Waals surface area contributed by atoms with Crippen LogP contribution in [0.4, 0.5) is 0 Å². The summed E-state index contributed by atoms with van der Waals surface area (Å²) in [5.74, 6) is 0.845. The van der Waals surface area contributed by atoms with Gasteiger partial charge in [-0.05, 0) is 55.7 Å². The number of amides is 2. The first kappa shape index (κ1) is 24.3. The Morgan fingerprint density at radius 3 is 2.56 bits per heavy atom. The second-order valence-electron chi connectivity index (χ2n) is 9.14. The van der Waals surface area contributed by atoms with Crippen LogP contribution in [0.1, 0.15) is 38.5 Å². The van der Waals surface area contributed by atoms with Crippen molar-refractivity contribution >= 4 is 23.2 Å². The number of hydrogen-bond donors (Lipinski definition) is 0. The maximum absolute atomic E-state index is 13.7. The summed E-state index contributed by atoms with van der Waals surface area (Å²) in [7, 11) is 0. The highest BCUT2D eigenvalue weighted by Gasteiger charge is 2.28. The molecule has 1 fully saturated rings. The molecule has 1 aromatic heterocycles. The SMILES string of the molecule is Cc1ccc(CN(Cc2ccccc2)C(=O)CN(CC2CCCO2)C(=O)c2ccc3c(c2)OCO3)s1. The van der Waals surface area contributed by atoms with E-state index in [1.165, 1.54) is 4.88 Å². The molecule has 1 atom stereocenters. The maximum Gasteiger partial charge on any atom is 0.254 e. The number of nitrogens with zero attached hydrogens (tertiary/aromatic N) is 2. The minimum absolute atomic E-state index is 0.0235. The van der Waals surface area contributed by atoms with Crippen molar-refractivity contribution in [3.8, 4) is 11.5 Å². The zero-order valence-corrected chi connectivity index (χ0v) is 21.2. The Labute approximate surface area is 215 Å². The Kier molecular flexibility index (Phi) is 7.53. The number of fused-ring (bicyclic) bond motifs is 1. The van der Waals surface area contributed by atoms with E-state index in [1.807, 2.05) is 35.2 Å². The van der Waals surface area contributed by atoms with Gasteiger partial charge < -0.3 is 24.0 Å². The fourth-order valence-electron chi connectivity index (χ4n) is 4.52. The molecule has 1 saturated heterocycles. The molecule has 2 aliphatic rings. The van der Waals surface area contributed by atoms with Gasteiger partial charge in [0.2, 0.25) is 12.7 Å². The van der Waals surface area contributed by atoms with Crippen LogP contribution in [0.3, 0.4) is 0 Å². The minimum Gasteiger partial charge on any atom is -0.454 e. The highest BCUT2D eigenvalue weighted by Crippen LogP contribution is 2.33. The van der Waals surface area contributed by atoms with Crippen molar-refractivity contribution in [2.24, 2.45) is 0 Å². The summed E-state index contributed by atoms with van der Waals surface area (Å²) in [4.78, 5) is 33.1. The van der Waals surface area contributed by atoms with Gasteiger partial charge in [0.15, 0.2) is 11.5 Å². The van der Waals surface area contributed by atoms with Crippen molar-refractivity contribution in [1.82, 2.24) is 9.80 Å². The summed E-state index contributed by atoms with van der Waals surface area (Å²) in [5.41, 5.74) is 1.51. The Bertz CT molecular complexity index is 1210. The van der Waals surface area contributed by atoms with Crippen molar-refractivity contribution in [2.75, 3.05) is 26.5 Å². The molecule has 2 aromatic carbocycles. The average Bonchev–Trinajstić information content (AvgIpc) is 3.65. The second-order valence-corrected chi connectivity index (χ2v) is 10.5. The molecule has 7 nitrogen and oxygen atoms in total. The first-order chi connectivity index (χ1) is 17.5. The predicted molar refractivity (Wildman–Crippen MR) is 137 cm³/mol. The van der Waals surface area contributed by atoms with Crippen LogP contribution in [0.25, 0.3) is 0 Å². The number of benzene rings is 2. The fourth-order valence-corrected chi connectivity index (χ4v) is 5.43. The molecule has 0 aliphatic carbocycles. The van der Waals surface area contributed by atoms with Crippen LogP contribution in [0.15, 0.2) is 60.7 Å². The summed E-state index contributed by atoms with van der Waals surface area (Å²) in [6, 6.07) is 19.2. The Hall–Kier alpha value is -3.36. The standard InChI is InChI=1S/C28H30N2O5S/c1-20-9-11-24(36-20)17-29(15-21-6-3-2-4-7-21)27(31)18-30(16-23-8-5-13-33-23)28(32)22-10-12-25-26(14-22)35-19-34-25/h2-4,6-7,9-12,14,23H,5,8,13,15-19H2,1H3. The Morgan fingerprint density at radius 2 is 1.81 bits per heavy atom. The van der Waals surface area contributed by atoms with Gasteiger partial charge in [-0.1, -0.05) is 30.3 Å². The third-order valence-corrected chi connectivity index (χ3v) is 7.38. The van der Waals surface area contributed by atoms with Crippen LogP contribution in [-0.2, 0) is 22.6 Å². The van der Waals surface area contributed by atoms with Gasteiger partial charge in [0.05, 0.1) is 12.6 Å². The minimum atomic E-state index is -0.219. The molecular weight excluding hydrogens is 476 g/mol. The monoisotopic (exact) mass is 506 g/mol. The molecular formula is C28H30N2O5S. The van der Waals surface area contributed by atoms with E-state index in [0.717, 1.165) is 23.3 Å². The van der Waals surface area contributed by atoms with Gasteiger partial charge in [0, 0.05) is 35.0 Å². The lowest BCUT2D eigenvalue weighted by Crippen LogP contribution is -2.45. The average molecular weight is 507 g/mol. The zero-order chi connectivity index (χ0) is 24.9. The van der Waals surface area contributed by atoms with Gasteiger partial charge in [0.25, 0.3) is 5.91 Å². The van der Waals surface area contributed by atoms with E-state index in [-0.39, 0.29) is 31.3 Å². The summed E-state index contributed by atoms with van der Waals surface area (Å²) in [6.07, 6.45) is 1.77. The molecule has 8 heteroatoms. The lowest BCUT2D eigenvalue weighted by atomic mass is 10.1.